The van der Waals surface area contributed by atoms with Crippen molar-refractivity contribution in [1.29, 1.82) is 0 Å². The molecular formula is C10H9FN2O. The second-order valence-electron chi connectivity index (χ2n) is 2.77. The molecule has 1 aromatic heterocycles. The van der Waals surface area contributed by atoms with E-state index in [0.29, 0.717) is 5.69 Å². The van der Waals surface area contributed by atoms with E-state index in [1.165, 1.54) is 13.2 Å². The average molecular weight is 192 g/mol. The average Bonchev–Trinajstić information content (AvgIpc) is 2.70. The smallest absolute Gasteiger partial charge is 0.167 e. The molecule has 0 unspecified atom stereocenters. The second-order valence-corrected chi connectivity index (χ2v) is 2.77. The van der Waals surface area contributed by atoms with E-state index in [0.717, 1.165) is 0 Å². The van der Waals surface area contributed by atoms with Gasteiger partial charge in [-0.1, -0.05) is 0 Å². The molecule has 1 heterocycles. The lowest BCUT2D eigenvalue weighted by molar-refractivity contribution is 0.386. The third kappa shape index (κ3) is 1.46. The number of methoxy groups -OCH3 is 1. The van der Waals surface area contributed by atoms with E-state index in [-0.39, 0.29) is 11.6 Å². The molecule has 0 aliphatic rings. The Morgan fingerprint density at radius 3 is 2.86 bits per heavy atom. The third-order valence-electron chi connectivity index (χ3n) is 1.90. The van der Waals surface area contributed by atoms with Crippen LogP contribution in [0, 0.1) is 5.82 Å². The van der Waals surface area contributed by atoms with Gasteiger partial charge in [-0.05, 0) is 18.2 Å². The van der Waals surface area contributed by atoms with Crippen LogP contribution in [0.5, 0.6) is 5.75 Å². The Morgan fingerprint density at radius 1 is 1.43 bits per heavy atom. The minimum atomic E-state index is -0.388. The highest BCUT2D eigenvalue weighted by Crippen LogP contribution is 2.19. The number of halogens is 1. The first kappa shape index (κ1) is 8.74. The van der Waals surface area contributed by atoms with Gasteiger partial charge in [0.15, 0.2) is 11.6 Å². The molecular weight excluding hydrogens is 183 g/mol. The Kier molecular flexibility index (Phi) is 2.18. The van der Waals surface area contributed by atoms with Gasteiger partial charge in [-0.15, -0.1) is 0 Å². The lowest BCUT2D eigenvalue weighted by atomic mass is 10.3. The van der Waals surface area contributed by atoms with E-state index in [1.807, 2.05) is 0 Å². The Hall–Kier alpha value is -1.84. The second kappa shape index (κ2) is 3.49. The largest absolute Gasteiger partial charge is 0.494 e. The maximum absolute atomic E-state index is 13.3. The molecule has 0 spiro atoms. The standard InChI is InChI=1S/C10H9FN2O/c1-14-10-4-3-8(7-9(10)11)13-6-2-5-12-13/h2-7H,1H3. The highest BCUT2D eigenvalue weighted by Gasteiger charge is 2.04. The lowest BCUT2D eigenvalue weighted by Gasteiger charge is -2.04. The summed E-state index contributed by atoms with van der Waals surface area (Å²) in [7, 11) is 1.44. The van der Waals surface area contributed by atoms with Gasteiger partial charge in [0.25, 0.3) is 0 Å². The molecule has 0 atom stereocenters. The van der Waals surface area contributed by atoms with E-state index in [2.05, 4.69) is 5.10 Å². The number of rotatable bonds is 2. The topological polar surface area (TPSA) is 27.1 Å². The summed E-state index contributed by atoms with van der Waals surface area (Å²) in [5, 5.41) is 3.99. The minimum Gasteiger partial charge on any atom is -0.494 e. The SMILES string of the molecule is COc1ccc(-n2cccn2)cc1F. The van der Waals surface area contributed by atoms with E-state index >= 15 is 0 Å². The first-order valence-corrected chi connectivity index (χ1v) is 4.15. The monoisotopic (exact) mass is 192 g/mol. The third-order valence-corrected chi connectivity index (χ3v) is 1.90. The number of aromatic nitrogens is 2. The van der Waals surface area contributed by atoms with E-state index in [9.17, 15) is 4.39 Å². The van der Waals surface area contributed by atoms with E-state index in [1.54, 1.807) is 35.3 Å². The lowest BCUT2D eigenvalue weighted by Crippen LogP contribution is -1.96. The first-order chi connectivity index (χ1) is 6.81. The van der Waals surface area contributed by atoms with Crippen molar-refractivity contribution in [3.8, 4) is 11.4 Å². The number of nitrogens with zero attached hydrogens (tertiary/aromatic N) is 2. The van der Waals surface area contributed by atoms with Gasteiger partial charge >= 0.3 is 0 Å². The highest BCUT2D eigenvalue weighted by atomic mass is 19.1. The zero-order chi connectivity index (χ0) is 9.97. The summed E-state index contributed by atoms with van der Waals surface area (Å²) in [6.45, 7) is 0. The predicted molar refractivity (Wildman–Crippen MR) is 50.1 cm³/mol. The molecule has 0 fully saturated rings. The van der Waals surface area contributed by atoms with Crippen molar-refractivity contribution in [2.24, 2.45) is 0 Å². The van der Waals surface area contributed by atoms with Crippen LogP contribution in [0.2, 0.25) is 0 Å². The van der Waals surface area contributed by atoms with Gasteiger partial charge in [0.2, 0.25) is 0 Å². The maximum Gasteiger partial charge on any atom is 0.167 e. The quantitative estimate of drug-likeness (QED) is 0.727. The van der Waals surface area contributed by atoms with Crippen LogP contribution >= 0.6 is 0 Å². The molecule has 0 saturated carbocycles. The Labute approximate surface area is 80.7 Å². The first-order valence-electron chi connectivity index (χ1n) is 4.15. The molecule has 2 aromatic rings. The summed E-state index contributed by atoms with van der Waals surface area (Å²) < 4.78 is 19.7. The summed E-state index contributed by atoms with van der Waals surface area (Å²) in [6, 6.07) is 6.48. The normalized spacial score (nSPS) is 10.1. The van der Waals surface area contributed by atoms with Crippen LogP contribution in [0.4, 0.5) is 4.39 Å². The van der Waals surface area contributed by atoms with Crippen molar-refractivity contribution < 1.29 is 9.13 Å². The molecule has 3 nitrogen and oxygen atoms in total. The van der Waals surface area contributed by atoms with Gasteiger partial charge in [0, 0.05) is 18.5 Å². The summed E-state index contributed by atoms with van der Waals surface area (Å²) in [5.74, 6) is -0.151. The van der Waals surface area contributed by atoms with Gasteiger partial charge < -0.3 is 4.74 Å². The van der Waals surface area contributed by atoms with Crippen molar-refractivity contribution >= 4 is 0 Å². The molecule has 4 heteroatoms. The molecule has 72 valence electrons. The zero-order valence-electron chi connectivity index (χ0n) is 7.64. The Balaban J connectivity index is 2.43. The van der Waals surface area contributed by atoms with E-state index in [4.69, 9.17) is 4.74 Å². The van der Waals surface area contributed by atoms with Gasteiger partial charge in [-0.3, -0.25) is 0 Å². The zero-order valence-corrected chi connectivity index (χ0v) is 7.64. The van der Waals surface area contributed by atoms with Crippen molar-refractivity contribution in [1.82, 2.24) is 9.78 Å². The van der Waals surface area contributed by atoms with Gasteiger partial charge in [0.05, 0.1) is 12.8 Å². The maximum atomic E-state index is 13.3. The van der Waals surface area contributed by atoms with Gasteiger partial charge in [-0.2, -0.15) is 5.10 Å². The van der Waals surface area contributed by atoms with Gasteiger partial charge in [-0.25, -0.2) is 9.07 Å². The highest BCUT2D eigenvalue weighted by molar-refractivity contribution is 5.37. The predicted octanol–water partition coefficient (Wildman–Crippen LogP) is 2.02. The van der Waals surface area contributed by atoms with Crippen LogP contribution in [0.1, 0.15) is 0 Å². The molecule has 0 aliphatic heterocycles. The van der Waals surface area contributed by atoms with Crippen molar-refractivity contribution in [3.05, 3.63) is 42.5 Å². The molecule has 0 aliphatic carbocycles. The van der Waals surface area contributed by atoms with Crippen LogP contribution in [0.3, 0.4) is 0 Å². The summed E-state index contributed by atoms with van der Waals surface area (Å²) >= 11 is 0. The summed E-state index contributed by atoms with van der Waals surface area (Å²) in [6.07, 6.45) is 3.39. The van der Waals surface area contributed by atoms with Crippen LogP contribution in [-0.4, -0.2) is 16.9 Å². The van der Waals surface area contributed by atoms with Crippen LogP contribution < -0.4 is 4.74 Å². The summed E-state index contributed by atoms with van der Waals surface area (Å²) in [4.78, 5) is 0. The number of ether oxygens (including phenoxy) is 1. The van der Waals surface area contributed by atoms with Crippen molar-refractivity contribution in [2.75, 3.05) is 7.11 Å². The fourth-order valence-corrected chi connectivity index (χ4v) is 1.22. The minimum absolute atomic E-state index is 0.237. The molecule has 0 radical (unpaired) electrons. The van der Waals surface area contributed by atoms with Crippen molar-refractivity contribution in [2.45, 2.75) is 0 Å². The Morgan fingerprint density at radius 2 is 2.29 bits per heavy atom. The molecule has 0 N–H and O–H groups in total. The van der Waals surface area contributed by atoms with Crippen LogP contribution in [-0.2, 0) is 0 Å². The molecule has 2 rings (SSSR count). The molecule has 1 aromatic carbocycles. The molecule has 0 amide bonds. The van der Waals surface area contributed by atoms with Crippen molar-refractivity contribution in [3.63, 3.8) is 0 Å². The number of hydrogen-bond donors (Lipinski definition) is 0. The molecule has 0 bridgehead atoms. The molecule has 14 heavy (non-hydrogen) atoms. The Bertz CT molecular complexity index is 426. The van der Waals surface area contributed by atoms with Crippen LogP contribution in [0.15, 0.2) is 36.7 Å². The fraction of sp³-hybridized carbons (Fsp3) is 0.100. The number of hydrogen-bond acceptors (Lipinski definition) is 2. The fourth-order valence-electron chi connectivity index (χ4n) is 1.22. The summed E-state index contributed by atoms with van der Waals surface area (Å²) in [5.41, 5.74) is 0.674. The number of benzene rings is 1. The molecule has 0 saturated heterocycles. The van der Waals surface area contributed by atoms with Crippen LogP contribution in [0.25, 0.3) is 5.69 Å². The van der Waals surface area contributed by atoms with Gasteiger partial charge in [0.1, 0.15) is 0 Å². The van der Waals surface area contributed by atoms with E-state index < -0.39 is 0 Å².